The molecule has 0 heterocycles. The van der Waals surface area contributed by atoms with Gasteiger partial charge in [0.05, 0.1) is 6.42 Å². The van der Waals surface area contributed by atoms with Crippen molar-refractivity contribution in [1.29, 1.82) is 0 Å². The van der Waals surface area contributed by atoms with Crippen LogP contribution in [0, 0.1) is 0 Å². The zero-order valence-electron chi connectivity index (χ0n) is 12.9. The summed E-state index contributed by atoms with van der Waals surface area (Å²) >= 11 is 5.87. The molecule has 120 valence electrons. The number of rotatable bonds is 5. The van der Waals surface area contributed by atoms with Crippen LogP contribution in [0.3, 0.4) is 0 Å². The quantitative estimate of drug-likeness (QED) is 0.868. The van der Waals surface area contributed by atoms with E-state index in [0.717, 1.165) is 5.56 Å². The highest BCUT2D eigenvalue weighted by Crippen LogP contribution is 2.18. The molecule has 0 aliphatic carbocycles. The Labute approximate surface area is 134 Å². The third kappa shape index (κ3) is 7.13. The highest BCUT2D eigenvalue weighted by molar-refractivity contribution is 6.30. The Hall–Kier alpha value is -2.01. The second-order valence-corrected chi connectivity index (χ2v) is 6.14. The lowest BCUT2D eigenvalue weighted by Crippen LogP contribution is -2.32. The Kier molecular flexibility index (Phi) is 6.43. The summed E-state index contributed by atoms with van der Waals surface area (Å²) in [5, 5.41) is 12.0. The van der Waals surface area contributed by atoms with Crippen LogP contribution in [0.2, 0.25) is 5.02 Å². The SMILES string of the molecule is CC(C)(C)OC(=O)NCC=Cc1ccc(Cl)cc1CC(=O)O. The first kappa shape index (κ1) is 18.0. The predicted octanol–water partition coefficient (Wildman–Crippen LogP) is 3.51. The van der Waals surface area contributed by atoms with Crippen molar-refractivity contribution < 1.29 is 19.4 Å². The number of nitrogens with one attached hydrogen (secondary N) is 1. The molecule has 0 radical (unpaired) electrons. The topological polar surface area (TPSA) is 75.6 Å². The molecule has 22 heavy (non-hydrogen) atoms. The van der Waals surface area contributed by atoms with Gasteiger partial charge in [-0.25, -0.2) is 4.79 Å². The average molecular weight is 326 g/mol. The summed E-state index contributed by atoms with van der Waals surface area (Å²) in [6.45, 7) is 5.64. The van der Waals surface area contributed by atoms with Gasteiger partial charge in [-0.1, -0.05) is 29.8 Å². The lowest BCUT2D eigenvalue weighted by Gasteiger charge is -2.19. The van der Waals surface area contributed by atoms with E-state index < -0.39 is 17.7 Å². The molecule has 0 aliphatic rings. The van der Waals surface area contributed by atoms with Crippen LogP contribution in [0.5, 0.6) is 0 Å². The first-order valence-electron chi connectivity index (χ1n) is 6.81. The Morgan fingerprint density at radius 1 is 1.36 bits per heavy atom. The van der Waals surface area contributed by atoms with Gasteiger partial charge in [0.25, 0.3) is 0 Å². The van der Waals surface area contributed by atoms with Crippen molar-refractivity contribution in [2.75, 3.05) is 6.54 Å². The molecule has 0 aromatic heterocycles. The van der Waals surface area contributed by atoms with Crippen LogP contribution in [0.25, 0.3) is 6.08 Å². The maximum atomic E-state index is 11.5. The monoisotopic (exact) mass is 325 g/mol. The fourth-order valence-corrected chi connectivity index (χ4v) is 1.89. The number of alkyl carbamates (subject to hydrolysis) is 1. The summed E-state index contributed by atoms with van der Waals surface area (Å²) in [7, 11) is 0. The Balaban J connectivity index is 2.63. The standard InChI is InChI=1S/C16H20ClNO4/c1-16(2,3)22-15(21)18-8-4-5-11-6-7-13(17)9-12(11)10-14(19)20/h4-7,9H,8,10H2,1-3H3,(H,18,21)(H,19,20). The molecule has 0 spiro atoms. The number of halogens is 1. The van der Waals surface area contributed by atoms with Gasteiger partial charge in [0.15, 0.2) is 0 Å². The van der Waals surface area contributed by atoms with Gasteiger partial charge in [0.1, 0.15) is 5.60 Å². The van der Waals surface area contributed by atoms with Gasteiger partial charge in [-0.15, -0.1) is 0 Å². The second kappa shape index (κ2) is 7.84. The molecule has 2 N–H and O–H groups in total. The van der Waals surface area contributed by atoms with Gasteiger partial charge >= 0.3 is 12.1 Å². The molecule has 1 aromatic carbocycles. The number of aliphatic carboxylic acids is 1. The lowest BCUT2D eigenvalue weighted by molar-refractivity contribution is -0.136. The number of hydrogen-bond donors (Lipinski definition) is 2. The molecule has 0 aliphatic heterocycles. The number of carbonyl (C=O) groups excluding carboxylic acids is 1. The molecule has 0 bridgehead atoms. The van der Waals surface area contributed by atoms with Crippen molar-refractivity contribution in [3.8, 4) is 0 Å². The first-order valence-corrected chi connectivity index (χ1v) is 7.19. The van der Waals surface area contributed by atoms with Crippen LogP contribution in [0.15, 0.2) is 24.3 Å². The minimum absolute atomic E-state index is 0.111. The number of hydrogen-bond acceptors (Lipinski definition) is 3. The van der Waals surface area contributed by atoms with Crippen molar-refractivity contribution in [2.45, 2.75) is 32.8 Å². The molecule has 0 saturated carbocycles. The molecule has 0 saturated heterocycles. The third-order valence-corrected chi connectivity index (χ3v) is 2.74. The average Bonchev–Trinajstić information content (AvgIpc) is 2.33. The summed E-state index contributed by atoms with van der Waals surface area (Å²) < 4.78 is 5.10. The van der Waals surface area contributed by atoms with Crippen LogP contribution < -0.4 is 5.32 Å². The van der Waals surface area contributed by atoms with E-state index in [2.05, 4.69) is 5.32 Å². The maximum absolute atomic E-state index is 11.5. The zero-order valence-corrected chi connectivity index (χ0v) is 13.6. The molecule has 1 aromatic rings. The highest BCUT2D eigenvalue weighted by Gasteiger charge is 2.15. The first-order chi connectivity index (χ1) is 10.2. The van der Waals surface area contributed by atoms with Gasteiger partial charge in [-0.3, -0.25) is 4.79 Å². The van der Waals surface area contributed by atoms with Crippen molar-refractivity contribution in [3.63, 3.8) is 0 Å². The normalized spacial score (nSPS) is 11.5. The summed E-state index contributed by atoms with van der Waals surface area (Å²) in [4.78, 5) is 22.3. The molecule has 1 amide bonds. The third-order valence-electron chi connectivity index (χ3n) is 2.51. The van der Waals surface area contributed by atoms with Crippen molar-refractivity contribution in [3.05, 3.63) is 40.4 Å². The number of benzene rings is 1. The van der Waals surface area contributed by atoms with Crippen LogP contribution in [0.1, 0.15) is 31.9 Å². The lowest BCUT2D eigenvalue weighted by atomic mass is 10.0. The van der Waals surface area contributed by atoms with E-state index in [1.807, 2.05) is 0 Å². The van der Waals surface area contributed by atoms with E-state index in [-0.39, 0.29) is 13.0 Å². The van der Waals surface area contributed by atoms with Crippen LogP contribution in [-0.4, -0.2) is 29.3 Å². The molecule has 0 fully saturated rings. The summed E-state index contributed by atoms with van der Waals surface area (Å²) in [6, 6.07) is 5.05. The van der Waals surface area contributed by atoms with Gasteiger partial charge in [0.2, 0.25) is 0 Å². The molecule has 1 rings (SSSR count). The van der Waals surface area contributed by atoms with E-state index in [4.69, 9.17) is 21.4 Å². The van der Waals surface area contributed by atoms with E-state index in [0.29, 0.717) is 10.6 Å². The minimum atomic E-state index is -0.927. The fraction of sp³-hybridized carbons (Fsp3) is 0.375. The van der Waals surface area contributed by atoms with Gasteiger partial charge in [0, 0.05) is 11.6 Å². The summed E-state index contributed by atoms with van der Waals surface area (Å²) in [6.07, 6.45) is 2.85. The van der Waals surface area contributed by atoms with E-state index in [1.54, 1.807) is 51.1 Å². The van der Waals surface area contributed by atoms with Crippen molar-refractivity contribution in [1.82, 2.24) is 5.32 Å². The van der Waals surface area contributed by atoms with Crippen LogP contribution >= 0.6 is 11.6 Å². The van der Waals surface area contributed by atoms with Gasteiger partial charge in [-0.05, 0) is 44.0 Å². The Bertz CT molecular complexity index is 576. The molecule has 0 atom stereocenters. The van der Waals surface area contributed by atoms with Gasteiger partial charge < -0.3 is 15.2 Å². The van der Waals surface area contributed by atoms with E-state index >= 15 is 0 Å². The fourth-order valence-electron chi connectivity index (χ4n) is 1.70. The minimum Gasteiger partial charge on any atom is -0.481 e. The Morgan fingerprint density at radius 2 is 2.05 bits per heavy atom. The van der Waals surface area contributed by atoms with Crippen LogP contribution in [-0.2, 0) is 16.0 Å². The number of carboxylic acids is 1. The van der Waals surface area contributed by atoms with Crippen molar-refractivity contribution in [2.24, 2.45) is 0 Å². The summed E-state index contributed by atoms with van der Waals surface area (Å²) in [5.41, 5.74) is 0.824. The van der Waals surface area contributed by atoms with Crippen molar-refractivity contribution >= 4 is 29.7 Å². The number of carbonyl (C=O) groups is 2. The van der Waals surface area contributed by atoms with E-state index in [1.165, 1.54) is 0 Å². The number of carboxylic acid groups (broad SMARTS) is 1. The predicted molar refractivity (Wildman–Crippen MR) is 86.1 cm³/mol. The van der Waals surface area contributed by atoms with E-state index in [9.17, 15) is 9.59 Å². The smallest absolute Gasteiger partial charge is 0.407 e. The Morgan fingerprint density at radius 3 is 2.64 bits per heavy atom. The molecule has 5 nitrogen and oxygen atoms in total. The molecule has 6 heteroatoms. The highest BCUT2D eigenvalue weighted by atomic mass is 35.5. The molecular formula is C16H20ClNO4. The molecular weight excluding hydrogens is 306 g/mol. The maximum Gasteiger partial charge on any atom is 0.407 e. The molecule has 0 unspecified atom stereocenters. The zero-order chi connectivity index (χ0) is 16.8. The van der Waals surface area contributed by atoms with Gasteiger partial charge in [-0.2, -0.15) is 0 Å². The largest absolute Gasteiger partial charge is 0.481 e. The number of amides is 1. The summed E-state index contributed by atoms with van der Waals surface area (Å²) in [5.74, 6) is -0.927. The number of ether oxygens (including phenoxy) is 1. The second-order valence-electron chi connectivity index (χ2n) is 5.70. The van der Waals surface area contributed by atoms with Crippen LogP contribution in [0.4, 0.5) is 4.79 Å².